The molecular formula is C12H12N4OS2. The average Bonchev–Trinajstić information content (AvgIpc) is 2.82. The number of nitrogens with zero attached hydrogens (tertiary/aromatic N) is 2. The lowest BCUT2D eigenvalue weighted by Gasteiger charge is -2.03. The van der Waals surface area contributed by atoms with Crippen molar-refractivity contribution in [3.8, 4) is 0 Å². The SMILES string of the molecule is Cc1nc(CNC(=O)c2ccc(C(N)=S)cn2)cs1. The lowest BCUT2D eigenvalue weighted by atomic mass is 10.2. The molecule has 2 aromatic rings. The topological polar surface area (TPSA) is 80.9 Å². The molecule has 0 aliphatic carbocycles. The first kappa shape index (κ1) is 13.6. The Balaban J connectivity index is 1.98. The van der Waals surface area contributed by atoms with Gasteiger partial charge in [0.1, 0.15) is 10.7 Å². The Morgan fingerprint density at radius 2 is 2.32 bits per heavy atom. The third-order valence-electron chi connectivity index (χ3n) is 2.38. The molecule has 2 rings (SSSR count). The number of thiocarbonyl (C=S) groups is 1. The number of carbonyl (C=O) groups is 1. The van der Waals surface area contributed by atoms with Crippen LogP contribution < -0.4 is 11.1 Å². The van der Waals surface area contributed by atoms with Crippen molar-refractivity contribution in [2.24, 2.45) is 5.73 Å². The molecule has 0 atom stereocenters. The first-order valence-electron chi connectivity index (χ1n) is 5.51. The Morgan fingerprint density at radius 3 is 2.84 bits per heavy atom. The minimum absolute atomic E-state index is 0.250. The van der Waals surface area contributed by atoms with Crippen LogP contribution in [0, 0.1) is 6.92 Å². The van der Waals surface area contributed by atoms with E-state index in [0.717, 1.165) is 10.7 Å². The highest BCUT2D eigenvalue weighted by Crippen LogP contribution is 2.07. The van der Waals surface area contributed by atoms with Crippen molar-refractivity contribution < 1.29 is 4.79 Å². The molecule has 7 heteroatoms. The number of nitrogens with one attached hydrogen (secondary N) is 1. The normalized spacial score (nSPS) is 10.2. The van der Waals surface area contributed by atoms with E-state index in [4.69, 9.17) is 18.0 Å². The van der Waals surface area contributed by atoms with Crippen LogP contribution in [-0.4, -0.2) is 20.9 Å². The number of thiazole rings is 1. The van der Waals surface area contributed by atoms with Crippen molar-refractivity contribution in [2.75, 3.05) is 0 Å². The first-order valence-corrected chi connectivity index (χ1v) is 6.80. The highest BCUT2D eigenvalue weighted by Gasteiger charge is 2.08. The molecule has 2 heterocycles. The second-order valence-electron chi connectivity index (χ2n) is 3.84. The fourth-order valence-corrected chi connectivity index (χ4v) is 2.16. The van der Waals surface area contributed by atoms with Crippen LogP contribution in [0.4, 0.5) is 0 Å². The quantitative estimate of drug-likeness (QED) is 0.833. The molecule has 2 aromatic heterocycles. The maximum atomic E-state index is 11.8. The summed E-state index contributed by atoms with van der Waals surface area (Å²) in [6.07, 6.45) is 1.49. The van der Waals surface area contributed by atoms with Crippen molar-refractivity contribution in [1.29, 1.82) is 0 Å². The van der Waals surface area contributed by atoms with Gasteiger partial charge in [0.25, 0.3) is 5.91 Å². The second kappa shape index (κ2) is 5.85. The maximum Gasteiger partial charge on any atom is 0.270 e. The smallest absolute Gasteiger partial charge is 0.270 e. The highest BCUT2D eigenvalue weighted by molar-refractivity contribution is 7.80. The molecular weight excluding hydrogens is 280 g/mol. The average molecular weight is 292 g/mol. The maximum absolute atomic E-state index is 11.8. The number of hydrogen-bond acceptors (Lipinski definition) is 5. The Hall–Kier alpha value is -1.86. The van der Waals surface area contributed by atoms with Crippen LogP contribution in [0.1, 0.15) is 26.8 Å². The standard InChI is InChI=1S/C12H12N4OS2/c1-7-16-9(6-19-7)5-15-12(17)10-3-2-8(4-14-10)11(13)18/h2-4,6H,5H2,1H3,(H2,13,18)(H,15,17). The molecule has 0 aliphatic rings. The van der Waals surface area contributed by atoms with Gasteiger partial charge < -0.3 is 11.1 Å². The highest BCUT2D eigenvalue weighted by atomic mass is 32.1. The number of nitrogens with two attached hydrogens (primary N) is 1. The van der Waals surface area contributed by atoms with E-state index in [0.29, 0.717) is 17.8 Å². The van der Waals surface area contributed by atoms with Crippen molar-refractivity contribution in [1.82, 2.24) is 15.3 Å². The predicted molar refractivity (Wildman–Crippen MR) is 78.1 cm³/mol. The Kier molecular flexibility index (Phi) is 4.18. The summed E-state index contributed by atoms with van der Waals surface area (Å²) in [5.74, 6) is -0.250. The third kappa shape index (κ3) is 3.55. The molecule has 0 radical (unpaired) electrons. The molecule has 0 aliphatic heterocycles. The number of pyridine rings is 1. The monoisotopic (exact) mass is 292 g/mol. The van der Waals surface area contributed by atoms with Gasteiger partial charge in [0, 0.05) is 17.1 Å². The summed E-state index contributed by atoms with van der Waals surface area (Å²) in [5, 5.41) is 5.65. The van der Waals surface area contributed by atoms with Gasteiger partial charge in [0.2, 0.25) is 0 Å². The molecule has 5 nitrogen and oxygen atoms in total. The van der Waals surface area contributed by atoms with Gasteiger partial charge >= 0.3 is 0 Å². The van der Waals surface area contributed by atoms with Gasteiger partial charge in [-0.1, -0.05) is 12.2 Å². The molecule has 1 amide bonds. The van der Waals surface area contributed by atoms with E-state index in [2.05, 4.69) is 15.3 Å². The molecule has 19 heavy (non-hydrogen) atoms. The lowest BCUT2D eigenvalue weighted by molar-refractivity contribution is 0.0945. The van der Waals surface area contributed by atoms with Gasteiger partial charge in [-0.3, -0.25) is 9.78 Å². The Morgan fingerprint density at radius 1 is 1.53 bits per heavy atom. The molecule has 0 spiro atoms. The van der Waals surface area contributed by atoms with Gasteiger partial charge in [-0.15, -0.1) is 11.3 Å². The van der Waals surface area contributed by atoms with Crippen LogP contribution in [-0.2, 0) is 6.54 Å². The van der Waals surface area contributed by atoms with Gasteiger partial charge in [-0.2, -0.15) is 0 Å². The number of hydrogen-bond donors (Lipinski definition) is 2. The fraction of sp³-hybridized carbons (Fsp3) is 0.167. The molecule has 0 saturated heterocycles. The van der Waals surface area contributed by atoms with E-state index in [1.807, 2.05) is 12.3 Å². The van der Waals surface area contributed by atoms with Gasteiger partial charge in [0.15, 0.2) is 0 Å². The second-order valence-corrected chi connectivity index (χ2v) is 5.34. The van der Waals surface area contributed by atoms with Gasteiger partial charge in [-0.05, 0) is 19.1 Å². The summed E-state index contributed by atoms with van der Waals surface area (Å²) in [7, 11) is 0. The number of aryl methyl sites for hydroxylation is 1. The number of carbonyl (C=O) groups excluding carboxylic acids is 1. The molecule has 0 bridgehead atoms. The van der Waals surface area contributed by atoms with Crippen molar-refractivity contribution in [2.45, 2.75) is 13.5 Å². The number of aromatic nitrogens is 2. The van der Waals surface area contributed by atoms with E-state index >= 15 is 0 Å². The molecule has 0 fully saturated rings. The first-order chi connectivity index (χ1) is 9.06. The predicted octanol–water partition coefficient (Wildman–Crippen LogP) is 1.41. The molecule has 0 aromatic carbocycles. The van der Waals surface area contributed by atoms with Crippen LogP contribution in [0.3, 0.4) is 0 Å². The third-order valence-corrected chi connectivity index (χ3v) is 3.44. The summed E-state index contributed by atoms with van der Waals surface area (Å²) < 4.78 is 0. The molecule has 0 saturated carbocycles. The molecule has 3 N–H and O–H groups in total. The van der Waals surface area contributed by atoms with Crippen LogP contribution in [0.15, 0.2) is 23.7 Å². The zero-order valence-electron chi connectivity index (χ0n) is 10.2. The Bertz CT molecular complexity index is 606. The summed E-state index contributed by atoms with van der Waals surface area (Å²) >= 11 is 6.37. The van der Waals surface area contributed by atoms with Crippen LogP contribution >= 0.6 is 23.6 Å². The summed E-state index contributed by atoms with van der Waals surface area (Å²) in [6, 6.07) is 3.27. The molecule has 0 unspecified atom stereocenters. The number of amides is 1. The van der Waals surface area contributed by atoms with E-state index in [-0.39, 0.29) is 10.9 Å². The van der Waals surface area contributed by atoms with Gasteiger partial charge in [0.05, 0.1) is 17.2 Å². The van der Waals surface area contributed by atoms with Gasteiger partial charge in [-0.25, -0.2) is 4.98 Å². The van der Waals surface area contributed by atoms with E-state index in [1.165, 1.54) is 6.20 Å². The largest absolute Gasteiger partial charge is 0.389 e. The van der Waals surface area contributed by atoms with Crippen molar-refractivity contribution >= 4 is 34.5 Å². The minimum Gasteiger partial charge on any atom is -0.389 e. The molecule has 98 valence electrons. The number of rotatable bonds is 4. The van der Waals surface area contributed by atoms with Crippen molar-refractivity contribution in [3.63, 3.8) is 0 Å². The summed E-state index contributed by atoms with van der Waals surface area (Å²) in [4.78, 5) is 20.4. The zero-order valence-corrected chi connectivity index (χ0v) is 11.8. The van der Waals surface area contributed by atoms with E-state index < -0.39 is 0 Å². The Labute approximate surface area is 119 Å². The minimum atomic E-state index is -0.250. The zero-order chi connectivity index (χ0) is 13.8. The summed E-state index contributed by atoms with van der Waals surface area (Å²) in [6.45, 7) is 2.31. The van der Waals surface area contributed by atoms with Crippen LogP contribution in [0.25, 0.3) is 0 Å². The van der Waals surface area contributed by atoms with E-state index in [1.54, 1.807) is 23.5 Å². The van der Waals surface area contributed by atoms with Crippen LogP contribution in [0.5, 0.6) is 0 Å². The summed E-state index contributed by atoms with van der Waals surface area (Å²) in [5.41, 5.74) is 7.27. The fourth-order valence-electron chi connectivity index (χ4n) is 1.42. The van der Waals surface area contributed by atoms with Crippen LogP contribution in [0.2, 0.25) is 0 Å². The van der Waals surface area contributed by atoms with Crippen molar-refractivity contribution in [3.05, 3.63) is 45.7 Å². The van der Waals surface area contributed by atoms with E-state index in [9.17, 15) is 4.79 Å². The lowest BCUT2D eigenvalue weighted by Crippen LogP contribution is -2.24.